The van der Waals surface area contributed by atoms with Crippen molar-refractivity contribution >= 4 is 11.9 Å². The van der Waals surface area contributed by atoms with Crippen molar-refractivity contribution in [1.82, 2.24) is 10.3 Å². The summed E-state index contributed by atoms with van der Waals surface area (Å²) < 4.78 is 0. The van der Waals surface area contributed by atoms with Crippen LogP contribution in [0.2, 0.25) is 0 Å². The minimum Gasteiger partial charge on any atom is -0.465 e. The Balaban J connectivity index is 2.78. The highest BCUT2D eigenvalue weighted by Gasteiger charge is 2.29. The van der Waals surface area contributed by atoms with Crippen LogP contribution in [0.25, 0.3) is 0 Å². The summed E-state index contributed by atoms with van der Waals surface area (Å²) in [6.45, 7) is 5.66. The number of hydrogen-bond donors (Lipinski definition) is 2. The summed E-state index contributed by atoms with van der Waals surface area (Å²) in [6, 6.07) is 4.65. The molecule has 0 radical (unpaired) electrons. The molecule has 5 nitrogen and oxygen atoms in total. The standard InChI is InChI=1S/C13H18N2O3/c1-13(2,3)11(15-12(17)18)8-10(16)9-6-4-5-7-14-9/h4-7,11,15H,8H2,1-3H3,(H,17,18)/t11-/m0/s1. The van der Waals surface area contributed by atoms with Crippen LogP contribution in [0.1, 0.15) is 37.7 Å². The Labute approximate surface area is 106 Å². The average molecular weight is 250 g/mol. The summed E-state index contributed by atoms with van der Waals surface area (Å²) in [7, 11) is 0. The van der Waals surface area contributed by atoms with E-state index in [-0.39, 0.29) is 17.6 Å². The smallest absolute Gasteiger partial charge is 0.404 e. The summed E-state index contributed by atoms with van der Waals surface area (Å²) in [4.78, 5) is 26.7. The lowest BCUT2D eigenvalue weighted by molar-refractivity contribution is 0.0933. The van der Waals surface area contributed by atoms with Gasteiger partial charge in [-0.2, -0.15) is 0 Å². The fraction of sp³-hybridized carbons (Fsp3) is 0.462. The van der Waals surface area contributed by atoms with Crippen molar-refractivity contribution in [3.8, 4) is 0 Å². The average Bonchev–Trinajstić information content (AvgIpc) is 2.27. The molecule has 0 unspecified atom stereocenters. The van der Waals surface area contributed by atoms with E-state index in [1.165, 1.54) is 0 Å². The van der Waals surface area contributed by atoms with Crippen molar-refractivity contribution in [1.29, 1.82) is 0 Å². The van der Waals surface area contributed by atoms with Gasteiger partial charge >= 0.3 is 6.09 Å². The maximum Gasteiger partial charge on any atom is 0.404 e. The maximum absolute atomic E-state index is 12.0. The highest BCUT2D eigenvalue weighted by atomic mass is 16.4. The predicted octanol–water partition coefficient (Wildman–Crippen LogP) is 2.34. The van der Waals surface area contributed by atoms with Gasteiger partial charge in [-0.05, 0) is 17.5 Å². The van der Waals surface area contributed by atoms with Crippen molar-refractivity contribution in [3.63, 3.8) is 0 Å². The van der Waals surface area contributed by atoms with Gasteiger partial charge in [0.2, 0.25) is 0 Å². The Hall–Kier alpha value is -1.91. The van der Waals surface area contributed by atoms with E-state index >= 15 is 0 Å². The zero-order valence-electron chi connectivity index (χ0n) is 10.8. The number of carboxylic acid groups (broad SMARTS) is 1. The summed E-state index contributed by atoms with van der Waals surface area (Å²) >= 11 is 0. The quantitative estimate of drug-likeness (QED) is 0.804. The minimum absolute atomic E-state index is 0.104. The Morgan fingerprint density at radius 2 is 2.06 bits per heavy atom. The van der Waals surface area contributed by atoms with Crippen molar-refractivity contribution in [2.45, 2.75) is 33.2 Å². The van der Waals surface area contributed by atoms with E-state index in [0.717, 1.165) is 0 Å². The van der Waals surface area contributed by atoms with Crippen LogP contribution >= 0.6 is 0 Å². The highest BCUT2D eigenvalue weighted by molar-refractivity contribution is 5.94. The van der Waals surface area contributed by atoms with Gasteiger partial charge in [0.25, 0.3) is 0 Å². The van der Waals surface area contributed by atoms with Gasteiger partial charge in [0.15, 0.2) is 5.78 Å². The molecule has 18 heavy (non-hydrogen) atoms. The van der Waals surface area contributed by atoms with Crippen molar-refractivity contribution in [2.75, 3.05) is 0 Å². The van der Waals surface area contributed by atoms with Gasteiger partial charge in [-0.25, -0.2) is 4.79 Å². The maximum atomic E-state index is 12.0. The van der Waals surface area contributed by atoms with Crippen LogP contribution in [-0.4, -0.2) is 28.0 Å². The lowest BCUT2D eigenvalue weighted by Crippen LogP contribution is -2.44. The van der Waals surface area contributed by atoms with E-state index in [1.54, 1.807) is 24.4 Å². The SMILES string of the molecule is CC(C)(C)[C@H](CC(=O)c1ccccn1)NC(=O)O. The molecular formula is C13H18N2O3. The lowest BCUT2D eigenvalue weighted by Gasteiger charge is -2.29. The van der Waals surface area contributed by atoms with Gasteiger partial charge in [0, 0.05) is 18.7 Å². The first kappa shape index (κ1) is 14.2. The number of nitrogens with one attached hydrogen (secondary N) is 1. The molecule has 0 fully saturated rings. The number of pyridine rings is 1. The van der Waals surface area contributed by atoms with Crippen LogP contribution in [0.3, 0.4) is 0 Å². The molecule has 0 aliphatic carbocycles. The molecule has 0 aromatic carbocycles. The van der Waals surface area contributed by atoms with E-state index in [9.17, 15) is 9.59 Å². The third-order valence-corrected chi connectivity index (χ3v) is 2.68. The molecule has 1 rings (SSSR count). The number of amides is 1. The molecule has 0 bridgehead atoms. The summed E-state index contributed by atoms with van der Waals surface area (Å²) in [5.41, 5.74) is 0.0296. The fourth-order valence-electron chi connectivity index (χ4n) is 1.54. The third kappa shape index (κ3) is 4.16. The van der Waals surface area contributed by atoms with E-state index in [2.05, 4.69) is 10.3 Å². The number of Topliss-reactive ketones (excluding diaryl/α,β-unsaturated/α-hetero) is 1. The molecule has 1 aromatic heterocycles. The molecule has 98 valence electrons. The number of rotatable bonds is 4. The molecule has 1 heterocycles. The zero-order chi connectivity index (χ0) is 13.8. The van der Waals surface area contributed by atoms with Crippen LogP contribution in [0, 0.1) is 5.41 Å². The molecule has 0 aliphatic rings. The van der Waals surface area contributed by atoms with Gasteiger partial charge in [-0.3, -0.25) is 9.78 Å². The largest absolute Gasteiger partial charge is 0.465 e. The van der Waals surface area contributed by atoms with Gasteiger partial charge < -0.3 is 10.4 Å². The van der Waals surface area contributed by atoms with Crippen LogP contribution in [0.15, 0.2) is 24.4 Å². The first-order chi connectivity index (χ1) is 8.30. The molecular weight excluding hydrogens is 232 g/mol. The first-order valence-corrected chi connectivity index (χ1v) is 5.74. The van der Waals surface area contributed by atoms with Crippen LogP contribution in [-0.2, 0) is 0 Å². The Morgan fingerprint density at radius 3 is 2.50 bits per heavy atom. The zero-order valence-corrected chi connectivity index (χ0v) is 10.8. The second-order valence-electron chi connectivity index (χ2n) is 5.21. The number of nitrogens with zero attached hydrogens (tertiary/aromatic N) is 1. The van der Waals surface area contributed by atoms with E-state index in [1.807, 2.05) is 20.8 Å². The molecule has 1 aromatic rings. The van der Waals surface area contributed by atoms with Crippen LogP contribution in [0.5, 0.6) is 0 Å². The second kappa shape index (κ2) is 5.62. The minimum atomic E-state index is -1.12. The van der Waals surface area contributed by atoms with Gasteiger partial charge in [0.1, 0.15) is 5.69 Å². The Bertz CT molecular complexity index is 424. The molecule has 0 saturated carbocycles. The van der Waals surface area contributed by atoms with E-state index in [0.29, 0.717) is 5.69 Å². The number of ketones is 1. The monoisotopic (exact) mass is 250 g/mol. The highest BCUT2D eigenvalue weighted by Crippen LogP contribution is 2.23. The molecule has 2 N–H and O–H groups in total. The molecule has 0 saturated heterocycles. The number of aromatic nitrogens is 1. The van der Waals surface area contributed by atoms with Crippen LogP contribution < -0.4 is 5.32 Å². The summed E-state index contributed by atoms with van der Waals surface area (Å²) in [6.07, 6.45) is 0.528. The Morgan fingerprint density at radius 1 is 1.39 bits per heavy atom. The molecule has 0 spiro atoms. The van der Waals surface area contributed by atoms with E-state index < -0.39 is 12.1 Å². The fourth-order valence-corrected chi connectivity index (χ4v) is 1.54. The van der Waals surface area contributed by atoms with Crippen molar-refractivity contribution in [3.05, 3.63) is 30.1 Å². The van der Waals surface area contributed by atoms with Gasteiger partial charge in [0.05, 0.1) is 0 Å². The lowest BCUT2D eigenvalue weighted by atomic mass is 9.83. The van der Waals surface area contributed by atoms with E-state index in [4.69, 9.17) is 5.11 Å². The first-order valence-electron chi connectivity index (χ1n) is 5.74. The molecule has 1 atom stereocenters. The molecule has 5 heteroatoms. The van der Waals surface area contributed by atoms with Crippen molar-refractivity contribution < 1.29 is 14.7 Å². The number of hydrogen-bond acceptors (Lipinski definition) is 3. The molecule has 0 aliphatic heterocycles. The van der Waals surface area contributed by atoms with Crippen LogP contribution in [0.4, 0.5) is 4.79 Å². The van der Waals surface area contributed by atoms with Gasteiger partial charge in [-0.1, -0.05) is 26.8 Å². The Kier molecular flexibility index (Phi) is 4.42. The number of carbonyl (C=O) groups excluding carboxylic acids is 1. The summed E-state index contributed by atoms with van der Waals surface area (Å²) in [5, 5.41) is 11.2. The normalized spacial score (nSPS) is 12.8. The third-order valence-electron chi connectivity index (χ3n) is 2.68. The number of carbonyl (C=O) groups is 2. The second-order valence-corrected chi connectivity index (χ2v) is 5.21. The van der Waals surface area contributed by atoms with Crippen molar-refractivity contribution in [2.24, 2.45) is 5.41 Å². The van der Waals surface area contributed by atoms with Gasteiger partial charge in [-0.15, -0.1) is 0 Å². The molecule has 1 amide bonds. The predicted molar refractivity (Wildman–Crippen MR) is 67.6 cm³/mol. The topological polar surface area (TPSA) is 79.3 Å². The summed E-state index contributed by atoms with van der Waals surface area (Å²) in [5.74, 6) is -0.163.